The Labute approximate surface area is 165 Å². The average molecular weight is 403 g/mol. The van der Waals surface area contributed by atoms with Crippen LogP contribution in [0.1, 0.15) is 30.9 Å². The van der Waals surface area contributed by atoms with E-state index in [0.717, 1.165) is 11.5 Å². The van der Waals surface area contributed by atoms with E-state index in [4.69, 9.17) is 0 Å². The summed E-state index contributed by atoms with van der Waals surface area (Å²) < 4.78 is 39.1. The number of aromatic hydroxyl groups is 1. The van der Waals surface area contributed by atoms with Gasteiger partial charge in [-0.25, -0.2) is 0 Å². The lowest BCUT2D eigenvalue weighted by Gasteiger charge is -2.41. The van der Waals surface area contributed by atoms with Crippen LogP contribution in [0.2, 0.25) is 0 Å². The first-order valence-corrected chi connectivity index (χ1v) is 9.21. The Balaban J connectivity index is 1.79. The maximum absolute atomic E-state index is 13.0. The van der Waals surface area contributed by atoms with Gasteiger partial charge in [-0.2, -0.15) is 13.2 Å². The molecule has 0 bridgehead atoms. The summed E-state index contributed by atoms with van der Waals surface area (Å²) in [5, 5.41) is 33.4. The Morgan fingerprint density at radius 2 is 1.76 bits per heavy atom. The minimum Gasteiger partial charge on any atom is -0.507 e. The molecule has 0 radical (unpaired) electrons. The van der Waals surface area contributed by atoms with Crippen LogP contribution in [-0.2, 0) is 6.18 Å². The lowest BCUT2D eigenvalue weighted by molar-refractivity contribution is -0.137. The summed E-state index contributed by atoms with van der Waals surface area (Å²) in [6.45, 7) is 3.28. The largest absolute Gasteiger partial charge is 0.507 e. The summed E-state index contributed by atoms with van der Waals surface area (Å²) in [4.78, 5) is 0. The molecule has 3 aromatic rings. The molecule has 0 unspecified atom stereocenters. The molecule has 0 atom stereocenters. The number of phenols is 1. The maximum atomic E-state index is 13.0. The van der Waals surface area contributed by atoms with Crippen LogP contribution >= 0.6 is 0 Å². The van der Waals surface area contributed by atoms with Crippen molar-refractivity contribution in [3.8, 4) is 17.0 Å². The molecule has 8 heteroatoms. The van der Waals surface area contributed by atoms with Crippen LogP contribution in [0.3, 0.4) is 0 Å². The van der Waals surface area contributed by atoms with E-state index in [1.54, 1.807) is 19.1 Å². The number of benzene rings is 2. The van der Waals surface area contributed by atoms with Gasteiger partial charge < -0.3 is 15.5 Å². The fourth-order valence-electron chi connectivity index (χ4n) is 3.93. The molecule has 152 valence electrons. The lowest BCUT2D eigenvalue weighted by atomic mass is 9.77. The van der Waals surface area contributed by atoms with Crippen molar-refractivity contribution in [2.75, 3.05) is 5.32 Å². The molecule has 2 aromatic carbocycles. The molecule has 1 aliphatic carbocycles. The highest BCUT2D eigenvalue weighted by Crippen LogP contribution is 2.41. The second-order valence-electron chi connectivity index (χ2n) is 7.87. The zero-order valence-corrected chi connectivity index (χ0v) is 15.9. The van der Waals surface area contributed by atoms with E-state index in [0.29, 0.717) is 35.8 Å². The Morgan fingerprint density at radius 3 is 2.34 bits per heavy atom. The number of anilines is 1. The number of hydrogen-bond acceptors (Lipinski definition) is 5. The third kappa shape index (κ3) is 3.60. The predicted molar refractivity (Wildman–Crippen MR) is 104 cm³/mol. The molecule has 4 rings (SSSR count). The lowest BCUT2D eigenvalue weighted by Crippen LogP contribution is -2.48. The molecule has 3 N–H and O–H groups in total. The molecule has 1 fully saturated rings. The van der Waals surface area contributed by atoms with E-state index in [2.05, 4.69) is 15.5 Å². The molecule has 1 heterocycles. The standard InChI is InChI=1S/C21H20F3N3O2/c1-11-7-12(21(22,23)24)8-16(28)17(11)18-14-5-3-4-6-15(14)19(27-26-18)25-13-9-20(2,29)10-13/h3-8,13,28-29H,9-10H2,1-2H3,(H,25,27)/t13-,20+. The molecule has 29 heavy (non-hydrogen) atoms. The van der Waals surface area contributed by atoms with E-state index in [1.807, 2.05) is 12.1 Å². The Morgan fingerprint density at radius 1 is 1.10 bits per heavy atom. The van der Waals surface area contributed by atoms with Gasteiger partial charge in [-0.3, -0.25) is 0 Å². The summed E-state index contributed by atoms with van der Waals surface area (Å²) in [6.07, 6.45) is -3.38. The predicted octanol–water partition coefficient (Wildman–Crippen LogP) is 4.65. The molecule has 0 amide bonds. The van der Waals surface area contributed by atoms with Crippen molar-refractivity contribution in [1.29, 1.82) is 0 Å². The first-order chi connectivity index (χ1) is 13.5. The zero-order chi connectivity index (χ0) is 21.0. The highest BCUT2D eigenvalue weighted by atomic mass is 19.4. The Kier molecular flexibility index (Phi) is 4.42. The highest BCUT2D eigenvalue weighted by molar-refractivity contribution is 6.01. The topological polar surface area (TPSA) is 78.3 Å². The van der Waals surface area contributed by atoms with Gasteiger partial charge >= 0.3 is 6.18 Å². The molecule has 0 aliphatic heterocycles. The number of aryl methyl sites for hydroxylation is 1. The molecular weight excluding hydrogens is 383 g/mol. The molecule has 1 aliphatic rings. The minimum absolute atomic E-state index is 0.0646. The molecule has 1 saturated carbocycles. The first-order valence-electron chi connectivity index (χ1n) is 9.21. The van der Waals surface area contributed by atoms with Crippen molar-refractivity contribution in [2.24, 2.45) is 0 Å². The number of nitrogens with one attached hydrogen (secondary N) is 1. The highest BCUT2D eigenvalue weighted by Gasteiger charge is 2.38. The van der Waals surface area contributed by atoms with Gasteiger partial charge in [-0.05, 0) is 44.4 Å². The third-order valence-corrected chi connectivity index (χ3v) is 5.28. The normalized spacial score (nSPS) is 21.8. The van der Waals surface area contributed by atoms with Gasteiger partial charge in [0.25, 0.3) is 0 Å². The van der Waals surface area contributed by atoms with Crippen LogP contribution in [0.5, 0.6) is 5.75 Å². The van der Waals surface area contributed by atoms with E-state index in [-0.39, 0.29) is 17.2 Å². The number of alkyl halides is 3. The number of nitrogens with zero attached hydrogens (tertiary/aromatic N) is 2. The Hall–Kier alpha value is -2.87. The van der Waals surface area contributed by atoms with Crippen molar-refractivity contribution < 1.29 is 23.4 Å². The SMILES string of the molecule is Cc1cc(C(F)(F)F)cc(O)c1-c1nnc(N[C@H]2C[C@@](C)(O)C2)c2ccccc12. The smallest absolute Gasteiger partial charge is 0.416 e. The fraction of sp³-hybridized carbons (Fsp3) is 0.333. The molecular formula is C21H20F3N3O2. The number of phenolic OH excluding ortho intramolecular Hbond substituents is 1. The van der Waals surface area contributed by atoms with Crippen LogP contribution in [0.15, 0.2) is 36.4 Å². The zero-order valence-electron chi connectivity index (χ0n) is 15.9. The molecule has 0 spiro atoms. The van der Waals surface area contributed by atoms with Crippen LogP contribution in [0, 0.1) is 6.92 Å². The summed E-state index contributed by atoms with van der Waals surface area (Å²) in [7, 11) is 0. The monoisotopic (exact) mass is 403 g/mol. The van der Waals surface area contributed by atoms with Crippen LogP contribution in [-0.4, -0.2) is 32.1 Å². The van der Waals surface area contributed by atoms with Gasteiger partial charge in [0.1, 0.15) is 11.4 Å². The Bertz CT molecular complexity index is 1070. The number of halogens is 3. The van der Waals surface area contributed by atoms with Gasteiger partial charge in [0.05, 0.1) is 11.2 Å². The van der Waals surface area contributed by atoms with Crippen molar-refractivity contribution in [1.82, 2.24) is 10.2 Å². The van der Waals surface area contributed by atoms with Crippen LogP contribution < -0.4 is 5.32 Å². The number of aromatic nitrogens is 2. The first kappa shape index (κ1) is 19.4. The van der Waals surface area contributed by atoms with Crippen molar-refractivity contribution in [2.45, 2.75) is 44.5 Å². The quantitative estimate of drug-likeness (QED) is 0.593. The van der Waals surface area contributed by atoms with Gasteiger partial charge in [0, 0.05) is 22.4 Å². The number of rotatable bonds is 3. The van der Waals surface area contributed by atoms with E-state index >= 15 is 0 Å². The summed E-state index contributed by atoms with van der Waals surface area (Å²) in [5.74, 6) is 0.0430. The van der Waals surface area contributed by atoms with Crippen LogP contribution in [0.4, 0.5) is 19.0 Å². The van der Waals surface area contributed by atoms with Gasteiger partial charge in [0.15, 0.2) is 5.82 Å². The summed E-state index contributed by atoms with van der Waals surface area (Å²) in [5.41, 5.74) is -0.809. The van der Waals surface area contributed by atoms with Gasteiger partial charge in [-0.1, -0.05) is 24.3 Å². The molecule has 1 aromatic heterocycles. The van der Waals surface area contributed by atoms with E-state index < -0.39 is 23.1 Å². The van der Waals surface area contributed by atoms with E-state index in [9.17, 15) is 23.4 Å². The van der Waals surface area contributed by atoms with Crippen LogP contribution in [0.25, 0.3) is 22.0 Å². The number of fused-ring (bicyclic) bond motifs is 1. The number of hydrogen-bond donors (Lipinski definition) is 3. The van der Waals surface area contributed by atoms with Gasteiger partial charge in [-0.15, -0.1) is 10.2 Å². The maximum Gasteiger partial charge on any atom is 0.416 e. The van der Waals surface area contributed by atoms with Crippen molar-refractivity contribution in [3.05, 3.63) is 47.5 Å². The average Bonchev–Trinajstić information content (AvgIpc) is 2.60. The second kappa shape index (κ2) is 6.59. The summed E-state index contributed by atoms with van der Waals surface area (Å²) in [6, 6.07) is 9.02. The van der Waals surface area contributed by atoms with Crippen molar-refractivity contribution >= 4 is 16.6 Å². The van der Waals surface area contributed by atoms with E-state index in [1.165, 1.54) is 6.92 Å². The second-order valence-corrected chi connectivity index (χ2v) is 7.87. The summed E-state index contributed by atoms with van der Waals surface area (Å²) >= 11 is 0. The molecule has 5 nitrogen and oxygen atoms in total. The minimum atomic E-state index is -4.55. The fourth-order valence-corrected chi connectivity index (χ4v) is 3.93. The molecule has 0 saturated heterocycles. The van der Waals surface area contributed by atoms with Gasteiger partial charge in [0.2, 0.25) is 0 Å². The third-order valence-electron chi connectivity index (χ3n) is 5.28. The van der Waals surface area contributed by atoms with Crippen molar-refractivity contribution in [3.63, 3.8) is 0 Å². The number of aliphatic hydroxyl groups is 1.